The van der Waals surface area contributed by atoms with Crippen LogP contribution in [0, 0.1) is 35.5 Å². The minimum absolute atomic E-state index is 0.804. The highest BCUT2D eigenvalue weighted by Gasteiger charge is 2.29. The van der Waals surface area contributed by atoms with Crippen LogP contribution in [-0.4, -0.2) is 7.85 Å². The van der Waals surface area contributed by atoms with Crippen molar-refractivity contribution in [3.05, 3.63) is 0 Å². The fraction of sp³-hybridized carbons (Fsp3) is 1.00. The lowest BCUT2D eigenvalue weighted by atomic mass is 9.65. The highest BCUT2D eigenvalue weighted by Crippen LogP contribution is 2.37. The predicted molar refractivity (Wildman–Crippen MR) is 83.2 cm³/mol. The van der Waals surface area contributed by atoms with Gasteiger partial charge in [-0.25, -0.2) is 0 Å². The van der Waals surface area contributed by atoms with Crippen molar-refractivity contribution in [1.29, 1.82) is 0 Å². The molecule has 0 bridgehead atoms. The average molecular weight is 238 g/mol. The lowest BCUT2D eigenvalue weighted by molar-refractivity contribution is 0.136. The van der Waals surface area contributed by atoms with Gasteiger partial charge in [-0.3, -0.25) is 0 Å². The van der Waals surface area contributed by atoms with Crippen LogP contribution in [0.15, 0.2) is 0 Å². The Kier molecular flexibility index (Phi) is 7.52. The van der Waals surface area contributed by atoms with E-state index in [0.717, 1.165) is 41.3 Å². The molecule has 17 heavy (non-hydrogen) atoms. The lowest BCUT2D eigenvalue weighted by Gasteiger charge is -2.37. The van der Waals surface area contributed by atoms with Crippen molar-refractivity contribution in [3.63, 3.8) is 0 Å². The van der Waals surface area contributed by atoms with Gasteiger partial charge in [0.25, 0.3) is 0 Å². The first-order valence-electron chi connectivity index (χ1n) is 7.73. The quantitative estimate of drug-likeness (QED) is 0.566. The summed E-state index contributed by atoms with van der Waals surface area (Å²) in [6.07, 6.45) is 1.31. The van der Waals surface area contributed by atoms with Crippen LogP contribution in [-0.2, 0) is 0 Å². The maximum Gasteiger partial charge on any atom is 0.105 e. The Balaban J connectivity index is 4.53. The molecule has 0 fully saturated rings. The normalized spacial score (nSPS) is 24.5. The average Bonchev–Trinajstić information content (AvgIpc) is 2.32. The van der Waals surface area contributed by atoms with E-state index in [0.29, 0.717) is 0 Å². The predicted octanol–water partition coefficient (Wildman–Crippen LogP) is 4.65. The van der Waals surface area contributed by atoms with E-state index in [4.69, 9.17) is 0 Å². The zero-order valence-electron chi connectivity index (χ0n) is 13.7. The third kappa shape index (κ3) is 4.68. The summed E-state index contributed by atoms with van der Waals surface area (Å²) in [5, 5.41) is 0. The second-order valence-corrected chi connectivity index (χ2v) is 6.93. The van der Waals surface area contributed by atoms with Gasteiger partial charge in [-0.15, -0.1) is 0 Å². The van der Waals surface area contributed by atoms with Crippen molar-refractivity contribution in [2.45, 2.75) is 67.6 Å². The van der Waals surface area contributed by atoms with Crippen LogP contribution in [0.2, 0.25) is 5.82 Å². The minimum Gasteiger partial charge on any atom is -0.0697 e. The molecule has 0 aliphatic rings. The van der Waals surface area contributed by atoms with Gasteiger partial charge in [0, 0.05) is 0 Å². The summed E-state index contributed by atoms with van der Waals surface area (Å²) in [5.41, 5.74) is 0. The largest absolute Gasteiger partial charge is 0.105 e. The van der Waals surface area contributed by atoms with Crippen molar-refractivity contribution >= 4 is 7.85 Å². The Bertz CT molecular complexity index is 200. The van der Waals surface area contributed by atoms with Crippen molar-refractivity contribution in [2.75, 3.05) is 0 Å². The maximum atomic E-state index is 2.47. The van der Waals surface area contributed by atoms with E-state index in [1.165, 1.54) is 6.42 Å². The summed E-state index contributed by atoms with van der Waals surface area (Å²) < 4.78 is 0. The zero-order chi connectivity index (χ0) is 13.7. The third-order valence-electron chi connectivity index (χ3n) is 5.91. The van der Waals surface area contributed by atoms with Gasteiger partial charge in [-0.1, -0.05) is 67.6 Å². The van der Waals surface area contributed by atoms with Crippen molar-refractivity contribution < 1.29 is 0 Å². The molecule has 0 saturated carbocycles. The number of hydrogen-bond acceptors (Lipinski definition) is 0. The van der Waals surface area contributed by atoms with Crippen LogP contribution < -0.4 is 0 Å². The van der Waals surface area contributed by atoms with Crippen molar-refractivity contribution in [1.82, 2.24) is 0 Å². The zero-order valence-corrected chi connectivity index (χ0v) is 13.7. The van der Waals surface area contributed by atoms with Gasteiger partial charge in [0.05, 0.1) is 0 Å². The molecule has 7 atom stereocenters. The van der Waals surface area contributed by atoms with E-state index >= 15 is 0 Å². The molecule has 0 amide bonds. The number of hydrogen-bond donors (Lipinski definition) is 0. The van der Waals surface area contributed by atoms with E-state index in [9.17, 15) is 0 Å². The van der Waals surface area contributed by atoms with E-state index in [-0.39, 0.29) is 0 Å². The van der Waals surface area contributed by atoms with Crippen molar-refractivity contribution in [2.24, 2.45) is 35.5 Å². The molecule has 102 valence electrons. The minimum atomic E-state index is 0.804. The smallest absolute Gasteiger partial charge is 0.0697 e. The van der Waals surface area contributed by atoms with E-state index < -0.39 is 0 Å². The van der Waals surface area contributed by atoms with Crippen LogP contribution in [0.25, 0.3) is 0 Å². The fourth-order valence-electron chi connectivity index (χ4n) is 2.93. The van der Waals surface area contributed by atoms with Gasteiger partial charge in [0.1, 0.15) is 7.85 Å². The maximum absolute atomic E-state index is 2.47. The standard InChI is InChI=1S/C16H35B/c1-9-10(2)11(3)12(4)13(5)14(6)15(7)16(8)17/h10-16H,9,17H2,1-8H3. The summed E-state index contributed by atoms with van der Waals surface area (Å²) in [6.45, 7) is 19.3. The Hall–Kier alpha value is 0.0649. The summed E-state index contributed by atoms with van der Waals surface area (Å²) in [6, 6.07) is 0. The topological polar surface area (TPSA) is 0 Å². The van der Waals surface area contributed by atoms with Crippen LogP contribution in [0.4, 0.5) is 0 Å². The summed E-state index contributed by atoms with van der Waals surface area (Å²) in [4.78, 5) is 0. The first kappa shape index (κ1) is 17.1. The monoisotopic (exact) mass is 238 g/mol. The first-order chi connectivity index (χ1) is 7.73. The van der Waals surface area contributed by atoms with E-state index in [1.807, 2.05) is 0 Å². The molecule has 0 saturated heterocycles. The molecule has 0 aliphatic heterocycles. The summed E-state index contributed by atoms with van der Waals surface area (Å²) in [5.74, 6) is 5.83. The molecule has 0 radical (unpaired) electrons. The van der Waals surface area contributed by atoms with Crippen LogP contribution in [0.3, 0.4) is 0 Å². The Morgan fingerprint density at radius 2 is 1.00 bits per heavy atom. The number of rotatable bonds is 7. The Morgan fingerprint density at radius 1 is 0.647 bits per heavy atom. The second-order valence-electron chi connectivity index (χ2n) is 6.93. The molecule has 0 aliphatic carbocycles. The van der Waals surface area contributed by atoms with E-state index in [1.54, 1.807) is 0 Å². The third-order valence-corrected chi connectivity index (χ3v) is 5.91. The fourth-order valence-corrected chi connectivity index (χ4v) is 2.93. The van der Waals surface area contributed by atoms with Gasteiger partial charge in [0.15, 0.2) is 0 Å². The molecular formula is C16H35B. The van der Waals surface area contributed by atoms with Crippen LogP contribution in [0.5, 0.6) is 0 Å². The molecule has 0 aromatic heterocycles. The van der Waals surface area contributed by atoms with Gasteiger partial charge < -0.3 is 0 Å². The summed E-state index contributed by atoms with van der Waals surface area (Å²) in [7, 11) is 2.36. The summed E-state index contributed by atoms with van der Waals surface area (Å²) >= 11 is 0. The SMILES string of the molecule is BC(C)C(C)C(C)C(C)C(C)C(C)C(C)CC. The van der Waals surface area contributed by atoms with Crippen molar-refractivity contribution in [3.8, 4) is 0 Å². The van der Waals surface area contributed by atoms with Gasteiger partial charge in [-0.2, -0.15) is 0 Å². The van der Waals surface area contributed by atoms with Crippen LogP contribution in [0.1, 0.15) is 61.8 Å². The van der Waals surface area contributed by atoms with Gasteiger partial charge in [-0.05, 0) is 35.5 Å². The van der Waals surface area contributed by atoms with Crippen LogP contribution >= 0.6 is 0 Å². The molecule has 0 spiro atoms. The second kappa shape index (κ2) is 7.49. The van der Waals surface area contributed by atoms with Gasteiger partial charge in [0.2, 0.25) is 0 Å². The Morgan fingerprint density at radius 3 is 1.35 bits per heavy atom. The molecule has 0 nitrogen and oxygen atoms in total. The molecule has 1 heteroatoms. The Labute approximate surface area is 111 Å². The lowest BCUT2D eigenvalue weighted by Crippen LogP contribution is -2.30. The molecule has 0 aromatic rings. The van der Waals surface area contributed by atoms with E-state index in [2.05, 4.69) is 63.2 Å². The molecule has 0 aromatic carbocycles. The molecular weight excluding hydrogens is 203 g/mol. The molecule has 0 N–H and O–H groups in total. The highest BCUT2D eigenvalue weighted by atomic mass is 14.3. The first-order valence-corrected chi connectivity index (χ1v) is 7.73. The molecule has 0 rings (SSSR count). The van der Waals surface area contributed by atoms with Gasteiger partial charge >= 0.3 is 0 Å². The highest BCUT2D eigenvalue weighted by molar-refractivity contribution is 6.11. The molecule has 0 heterocycles. The molecule has 7 unspecified atom stereocenters.